The number of hydrogen-bond acceptors (Lipinski definition) is 2. The first-order valence-corrected chi connectivity index (χ1v) is 5.12. The van der Waals surface area contributed by atoms with Crippen molar-refractivity contribution in [2.45, 2.75) is 18.5 Å². The molecule has 0 bridgehead atoms. The second-order valence-corrected chi connectivity index (χ2v) is 4.04. The summed E-state index contributed by atoms with van der Waals surface area (Å²) in [5.74, 6) is -1.99. The Morgan fingerprint density at radius 1 is 1.05 bits per heavy atom. The minimum Gasteiger partial charge on any atom is -0.479 e. The zero-order valence-electron chi connectivity index (χ0n) is 9.18. The molecule has 0 fully saturated rings. The Labute approximate surface area is 112 Å². The Kier molecular flexibility index (Phi) is 4.25. The zero-order chi connectivity index (χ0) is 15.9. The molecule has 0 saturated carbocycles. The molecule has 1 aromatic rings. The number of aliphatic carboxylic acids is 1. The van der Waals surface area contributed by atoms with Gasteiger partial charge in [-0.15, -0.1) is 0 Å². The smallest absolute Gasteiger partial charge is 0.417 e. The highest BCUT2D eigenvalue weighted by molar-refractivity contribution is 6.32. The van der Waals surface area contributed by atoms with Crippen molar-refractivity contribution in [3.63, 3.8) is 0 Å². The molecule has 10 heteroatoms. The predicted octanol–water partition coefficient (Wildman–Crippen LogP) is 3.50. The van der Waals surface area contributed by atoms with E-state index in [4.69, 9.17) is 21.8 Å². The molecule has 2 N–H and O–H groups in total. The zero-order valence-corrected chi connectivity index (χ0v) is 9.94. The molecule has 0 aliphatic rings. The van der Waals surface area contributed by atoms with E-state index in [-0.39, 0.29) is 12.1 Å². The normalized spacial score (nSPS) is 14.2. The minimum atomic E-state index is -5.23. The molecule has 1 unspecified atom stereocenters. The van der Waals surface area contributed by atoms with Crippen molar-refractivity contribution >= 4 is 17.6 Å². The number of alkyl halides is 6. The molecular weight excluding hydrogens is 318 g/mol. The lowest BCUT2D eigenvalue weighted by atomic mass is 10.0. The number of carboxylic acids is 1. The lowest BCUT2D eigenvalue weighted by Gasteiger charge is -2.17. The summed E-state index contributed by atoms with van der Waals surface area (Å²) in [6.45, 7) is 0. The van der Waals surface area contributed by atoms with Crippen molar-refractivity contribution in [1.29, 1.82) is 0 Å². The fourth-order valence-corrected chi connectivity index (χ4v) is 1.68. The molecule has 3 nitrogen and oxygen atoms in total. The van der Waals surface area contributed by atoms with Crippen LogP contribution in [-0.2, 0) is 17.1 Å². The summed E-state index contributed by atoms with van der Waals surface area (Å²) in [5.41, 5.74) is -4.81. The van der Waals surface area contributed by atoms with Gasteiger partial charge in [0.05, 0.1) is 16.1 Å². The maximum Gasteiger partial charge on any atom is 0.417 e. The van der Waals surface area contributed by atoms with Crippen LogP contribution in [0.15, 0.2) is 12.1 Å². The molecule has 0 radical (unpaired) electrons. The molecule has 1 aromatic carbocycles. The predicted molar refractivity (Wildman–Crippen MR) is 54.1 cm³/mol. The molecule has 0 spiro atoms. The molecule has 20 heavy (non-hydrogen) atoms. The first-order chi connectivity index (χ1) is 8.85. The Hall–Kier alpha value is -1.48. The van der Waals surface area contributed by atoms with Gasteiger partial charge in [-0.1, -0.05) is 11.6 Å². The van der Waals surface area contributed by atoms with E-state index in [1.54, 1.807) is 0 Å². The molecule has 0 aliphatic heterocycles. The van der Waals surface area contributed by atoms with E-state index in [1.807, 2.05) is 0 Å². The maximum absolute atomic E-state index is 12.6. The van der Waals surface area contributed by atoms with E-state index in [0.717, 1.165) is 0 Å². The summed E-state index contributed by atoms with van der Waals surface area (Å²) in [6, 6.07) is 0.132. The van der Waals surface area contributed by atoms with Crippen LogP contribution in [0.5, 0.6) is 0 Å². The lowest BCUT2D eigenvalue weighted by molar-refractivity contribution is -0.148. The number of carbonyl (C=O) groups is 1. The molecule has 0 aromatic heterocycles. The fraction of sp³-hybridized carbons (Fsp3) is 0.300. The van der Waals surface area contributed by atoms with Gasteiger partial charge in [0.1, 0.15) is 0 Å². The van der Waals surface area contributed by atoms with Crippen LogP contribution >= 0.6 is 11.6 Å². The van der Waals surface area contributed by atoms with Crippen LogP contribution in [0.2, 0.25) is 5.02 Å². The van der Waals surface area contributed by atoms with Gasteiger partial charge < -0.3 is 10.2 Å². The van der Waals surface area contributed by atoms with Crippen molar-refractivity contribution in [3.05, 3.63) is 33.8 Å². The van der Waals surface area contributed by atoms with Crippen LogP contribution in [-0.4, -0.2) is 16.2 Å². The van der Waals surface area contributed by atoms with Crippen LogP contribution in [0, 0.1) is 0 Å². The van der Waals surface area contributed by atoms with Crippen molar-refractivity contribution in [2.75, 3.05) is 0 Å². The summed E-state index contributed by atoms with van der Waals surface area (Å²) >= 11 is 5.07. The Balaban J connectivity index is 3.63. The molecular formula is C10H5ClF6O3. The summed E-state index contributed by atoms with van der Waals surface area (Å²) in [7, 11) is 0. The quantitative estimate of drug-likeness (QED) is 0.819. The van der Waals surface area contributed by atoms with Crippen LogP contribution in [0.3, 0.4) is 0 Å². The van der Waals surface area contributed by atoms with Gasteiger partial charge in [0.2, 0.25) is 0 Å². The number of carboxylic acid groups (broad SMARTS) is 1. The van der Waals surface area contributed by atoms with Gasteiger partial charge in [0.15, 0.2) is 6.10 Å². The van der Waals surface area contributed by atoms with E-state index in [0.29, 0.717) is 0 Å². The number of benzene rings is 1. The maximum atomic E-state index is 12.6. The molecule has 0 amide bonds. The second kappa shape index (κ2) is 5.13. The average molecular weight is 323 g/mol. The SMILES string of the molecule is O=C(O)C(O)c1cc(C(F)(F)F)c(Cl)c(C(F)(F)F)c1. The highest BCUT2D eigenvalue weighted by Gasteiger charge is 2.41. The van der Waals surface area contributed by atoms with Crippen molar-refractivity contribution in [3.8, 4) is 0 Å². The summed E-state index contributed by atoms with van der Waals surface area (Å²) in [4.78, 5) is 10.5. The van der Waals surface area contributed by atoms with Gasteiger partial charge in [0, 0.05) is 0 Å². The topological polar surface area (TPSA) is 57.5 Å². The van der Waals surface area contributed by atoms with Gasteiger partial charge in [-0.05, 0) is 17.7 Å². The molecule has 0 heterocycles. The Morgan fingerprint density at radius 3 is 1.65 bits per heavy atom. The van der Waals surface area contributed by atoms with Crippen molar-refractivity contribution in [1.82, 2.24) is 0 Å². The monoisotopic (exact) mass is 322 g/mol. The van der Waals surface area contributed by atoms with Gasteiger partial charge in [0.25, 0.3) is 0 Å². The third-order valence-corrected chi connectivity index (χ3v) is 2.66. The van der Waals surface area contributed by atoms with Crippen LogP contribution in [0.4, 0.5) is 26.3 Å². The largest absolute Gasteiger partial charge is 0.479 e. The molecule has 0 aliphatic carbocycles. The Bertz CT molecular complexity index is 502. The summed E-state index contributed by atoms with van der Waals surface area (Å²) < 4.78 is 75.5. The number of aliphatic hydroxyl groups excluding tert-OH is 1. The third kappa shape index (κ3) is 3.34. The number of rotatable bonds is 2. The second-order valence-electron chi connectivity index (χ2n) is 3.67. The number of halogens is 7. The van der Waals surface area contributed by atoms with Gasteiger partial charge in [-0.25, -0.2) is 4.79 Å². The average Bonchev–Trinajstić information content (AvgIpc) is 2.24. The fourth-order valence-electron chi connectivity index (χ4n) is 1.36. The first kappa shape index (κ1) is 16.6. The summed E-state index contributed by atoms with van der Waals surface area (Å²) in [5, 5.41) is 15.9. The highest BCUT2D eigenvalue weighted by atomic mass is 35.5. The molecule has 112 valence electrons. The van der Waals surface area contributed by atoms with E-state index in [2.05, 4.69) is 0 Å². The van der Waals surface area contributed by atoms with E-state index in [9.17, 15) is 31.1 Å². The van der Waals surface area contributed by atoms with Gasteiger partial charge in [-0.3, -0.25) is 0 Å². The standard InChI is InChI=1S/C10H5ClF6O3/c11-6-4(9(12,13)14)1-3(7(18)8(19)20)2-5(6)10(15,16)17/h1-2,7,18H,(H,19,20). The van der Waals surface area contributed by atoms with Crippen molar-refractivity contribution < 1.29 is 41.4 Å². The molecule has 1 rings (SSSR count). The number of hydrogen-bond donors (Lipinski definition) is 2. The highest BCUT2D eigenvalue weighted by Crippen LogP contribution is 2.43. The molecule has 1 atom stereocenters. The van der Waals surface area contributed by atoms with E-state index in [1.165, 1.54) is 0 Å². The van der Waals surface area contributed by atoms with Crippen molar-refractivity contribution in [2.24, 2.45) is 0 Å². The first-order valence-electron chi connectivity index (χ1n) is 4.74. The molecule has 0 saturated heterocycles. The van der Waals surface area contributed by atoms with Crippen LogP contribution in [0.25, 0.3) is 0 Å². The number of aliphatic hydroxyl groups is 1. The lowest BCUT2D eigenvalue weighted by Crippen LogP contribution is -2.17. The third-order valence-electron chi connectivity index (χ3n) is 2.26. The van der Waals surface area contributed by atoms with Crippen LogP contribution < -0.4 is 0 Å². The van der Waals surface area contributed by atoms with E-state index >= 15 is 0 Å². The van der Waals surface area contributed by atoms with Crippen LogP contribution in [0.1, 0.15) is 22.8 Å². The Morgan fingerprint density at radius 2 is 1.40 bits per heavy atom. The van der Waals surface area contributed by atoms with Gasteiger partial charge in [-0.2, -0.15) is 26.3 Å². The van der Waals surface area contributed by atoms with E-state index < -0.39 is 46.1 Å². The summed E-state index contributed by atoms with van der Waals surface area (Å²) in [6.07, 6.45) is -13.0. The minimum absolute atomic E-state index is 0.0658. The van der Waals surface area contributed by atoms with Gasteiger partial charge >= 0.3 is 18.3 Å².